The number of benzene rings is 2. The van der Waals surface area contributed by atoms with Crippen molar-refractivity contribution >= 4 is 17.6 Å². The van der Waals surface area contributed by atoms with Gasteiger partial charge >= 0.3 is 5.97 Å². The van der Waals surface area contributed by atoms with Crippen LogP contribution in [0.25, 0.3) is 11.1 Å². The van der Waals surface area contributed by atoms with Gasteiger partial charge in [0.25, 0.3) is 0 Å². The highest BCUT2D eigenvalue weighted by molar-refractivity contribution is 6.33. The van der Waals surface area contributed by atoms with E-state index in [1.165, 1.54) is 0 Å². The molecule has 2 nitrogen and oxygen atoms in total. The molecular formula is C15H13ClO2. The summed E-state index contributed by atoms with van der Waals surface area (Å²) in [5.41, 5.74) is 3.00. The van der Waals surface area contributed by atoms with Crippen molar-refractivity contribution in [1.82, 2.24) is 0 Å². The predicted molar refractivity (Wildman–Crippen MR) is 72.8 cm³/mol. The van der Waals surface area contributed by atoms with E-state index in [2.05, 4.69) is 0 Å². The van der Waals surface area contributed by atoms with Crippen LogP contribution in [0.2, 0.25) is 5.02 Å². The number of hydrogen-bond donors (Lipinski definition) is 1. The van der Waals surface area contributed by atoms with Crippen LogP contribution in [0.4, 0.5) is 0 Å². The molecular weight excluding hydrogens is 248 g/mol. The zero-order valence-corrected chi connectivity index (χ0v) is 10.5. The van der Waals surface area contributed by atoms with Crippen LogP contribution in [0.5, 0.6) is 0 Å². The number of carboxylic acid groups (broad SMARTS) is 1. The fourth-order valence-corrected chi connectivity index (χ4v) is 2.09. The van der Waals surface area contributed by atoms with Gasteiger partial charge < -0.3 is 5.11 Å². The molecule has 0 radical (unpaired) electrons. The van der Waals surface area contributed by atoms with E-state index in [-0.39, 0.29) is 6.42 Å². The molecule has 18 heavy (non-hydrogen) atoms. The SMILES string of the molecule is O=C(O)CCc1cccc(-c2ccccc2Cl)c1. The molecule has 0 saturated heterocycles. The van der Waals surface area contributed by atoms with E-state index in [4.69, 9.17) is 16.7 Å². The zero-order chi connectivity index (χ0) is 13.0. The molecule has 0 aliphatic heterocycles. The van der Waals surface area contributed by atoms with E-state index >= 15 is 0 Å². The van der Waals surface area contributed by atoms with Gasteiger partial charge in [0.2, 0.25) is 0 Å². The van der Waals surface area contributed by atoms with E-state index in [1.807, 2.05) is 48.5 Å². The standard InChI is InChI=1S/C15H13ClO2/c16-14-7-2-1-6-13(14)12-5-3-4-11(10-12)8-9-15(17)18/h1-7,10H,8-9H2,(H,17,18). The Bertz CT molecular complexity index is 564. The molecule has 0 saturated carbocycles. The average molecular weight is 261 g/mol. The van der Waals surface area contributed by atoms with Crippen molar-refractivity contribution in [2.24, 2.45) is 0 Å². The summed E-state index contributed by atoms with van der Waals surface area (Å²) in [6.07, 6.45) is 0.680. The van der Waals surface area contributed by atoms with Gasteiger partial charge in [-0.3, -0.25) is 4.79 Å². The molecule has 0 amide bonds. The first kappa shape index (κ1) is 12.7. The number of halogens is 1. The lowest BCUT2D eigenvalue weighted by atomic mass is 10.0. The summed E-state index contributed by atoms with van der Waals surface area (Å²) in [6.45, 7) is 0. The van der Waals surface area contributed by atoms with Gasteiger partial charge in [-0.1, -0.05) is 54.1 Å². The molecule has 3 heteroatoms. The van der Waals surface area contributed by atoms with Gasteiger partial charge in [0.05, 0.1) is 0 Å². The van der Waals surface area contributed by atoms with Crippen LogP contribution in [0.3, 0.4) is 0 Å². The highest BCUT2D eigenvalue weighted by Gasteiger charge is 2.04. The molecule has 2 rings (SSSR count). The predicted octanol–water partition coefficient (Wildman–Crippen LogP) is 4.02. The van der Waals surface area contributed by atoms with Gasteiger partial charge in [-0.05, 0) is 23.6 Å². The summed E-state index contributed by atoms with van der Waals surface area (Å²) < 4.78 is 0. The number of aliphatic carboxylic acids is 1. The van der Waals surface area contributed by atoms with Crippen molar-refractivity contribution in [2.45, 2.75) is 12.8 Å². The fraction of sp³-hybridized carbons (Fsp3) is 0.133. The van der Waals surface area contributed by atoms with Crippen LogP contribution < -0.4 is 0 Å². The van der Waals surface area contributed by atoms with Crippen molar-refractivity contribution in [1.29, 1.82) is 0 Å². The largest absolute Gasteiger partial charge is 0.481 e. The number of carbonyl (C=O) groups is 1. The summed E-state index contributed by atoms with van der Waals surface area (Å²) in [6, 6.07) is 15.5. The monoisotopic (exact) mass is 260 g/mol. The van der Waals surface area contributed by atoms with Crippen LogP contribution in [0, 0.1) is 0 Å². The molecule has 2 aromatic rings. The quantitative estimate of drug-likeness (QED) is 0.901. The van der Waals surface area contributed by atoms with Gasteiger partial charge in [-0.25, -0.2) is 0 Å². The van der Waals surface area contributed by atoms with Crippen LogP contribution in [-0.4, -0.2) is 11.1 Å². The molecule has 0 unspecified atom stereocenters. The Morgan fingerprint density at radius 3 is 2.61 bits per heavy atom. The van der Waals surface area contributed by atoms with Gasteiger partial charge in [-0.15, -0.1) is 0 Å². The Labute approximate surface area is 111 Å². The maximum atomic E-state index is 10.6. The van der Waals surface area contributed by atoms with Crippen LogP contribution in [-0.2, 0) is 11.2 Å². The molecule has 2 aromatic carbocycles. The molecule has 0 bridgehead atoms. The summed E-state index contributed by atoms with van der Waals surface area (Å²) in [5, 5.41) is 9.39. The van der Waals surface area contributed by atoms with Gasteiger partial charge in [0, 0.05) is 17.0 Å². The third-order valence-corrected chi connectivity index (χ3v) is 3.07. The third-order valence-electron chi connectivity index (χ3n) is 2.74. The second-order valence-corrected chi connectivity index (χ2v) is 4.48. The lowest BCUT2D eigenvalue weighted by Crippen LogP contribution is -1.97. The van der Waals surface area contributed by atoms with Gasteiger partial charge in [0.1, 0.15) is 0 Å². The van der Waals surface area contributed by atoms with E-state index in [0.717, 1.165) is 16.7 Å². The molecule has 0 spiro atoms. The van der Waals surface area contributed by atoms with Crippen LogP contribution in [0.1, 0.15) is 12.0 Å². The first-order valence-electron chi connectivity index (χ1n) is 5.72. The van der Waals surface area contributed by atoms with Crippen molar-refractivity contribution in [3.05, 3.63) is 59.1 Å². The maximum Gasteiger partial charge on any atom is 0.303 e. The van der Waals surface area contributed by atoms with E-state index in [9.17, 15) is 4.79 Å². The molecule has 0 heterocycles. The summed E-state index contributed by atoms with van der Waals surface area (Å²) in [4.78, 5) is 10.6. The molecule has 0 aliphatic carbocycles. The minimum atomic E-state index is -0.779. The molecule has 0 atom stereocenters. The Morgan fingerprint density at radius 1 is 1.11 bits per heavy atom. The van der Waals surface area contributed by atoms with Crippen molar-refractivity contribution in [3.63, 3.8) is 0 Å². The smallest absolute Gasteiger partial charge is 0.303 e. The average Bonchev–Trinajstić information content (AvgIpc) is 2.37. The molecule has 0 fully saturated rings. The highest BCUT2D eigenvalue weighted by Crippen LogP contribution is 2.28. The number of hydrogen-bond acceptors (Lipinski definition) is 1. The van der Waals surface area contributed by atoms with E-state index in [0.29, 0.717) is 11.4 Å². The Kier molecular flexibility index (Phi) is 4.00. The second kappa shape index (κ2) is 5.69. The zero-order valence-electron chi connectivity index (χ0n) is 9.77. The summed E-state index contributed by atoms with van der Waals surface area (Å²) in [7, 11) is 0. The minimum Gasteiger partial charge on any atom is -0.481 e. The minimum absolute atomic E-state index is 0.145. The van der Waals surface area contributed by atoms with Crippen LogP contribution >= 0.6 is 11.6 Å². The van der Waals surface area contributed by atoms with Crippen molar-refractivity contribution in [2.75, 3.05) is 0 Å². The summed E-state index contributed by atoms with van der Waals surface area (Å²) in [5.74, 6) is -0.779. The van der Waals surface area contributed by atoms with Crippen molar-refractivity contribution < 1.29 is 9.90 Å². The van der Waals surface area contributed by atoms with Crippen molar-refractivity contribution in [3.8, 4) is 11.1 Å². The lowest BCUT2D eigenvalue weighted by molar-refractivity contribution is -0.136. The maximum absolute atomic E-state index is 10.6. The second-order valence-electron chi connectivity index (χ2n) is 4.07. The summed E-state index contributed by atoms with van der Waals surface area (Å²) >= 11 is 6.14. The molecule has 0 aromatic heterocycles. The lowest BCUT2D eigenvalue weighted by Gasteiger charge is -2.06. The van der Waals surface area contributed by atoms with Gasteiger partial charge in [0.15, 0.2) is 0 Å². The number of rotatable bonds is 4. The first-order valence-corrected chi connectivity index (χ1v) is 6.10. The normalized spacial score (nSPS) is 10.3. The first-order chi connectivity index (χ1) is 8.66. The highest BCUT2D eigenvalue weighted by atomic mass is 35.5. The molecule has 92 valence electrons. The number of aryl methyl sites for hydroxylation is 1. The van der Waals surface area contributed by atoms with Crippen LogP contribution in [0.15, 0.2) is 48.5 Å². The van der Waals surface area contributed by atoms with E-state index in [1.54, 1.807) is 0 Å². The number of carboxylic acids is 1. The van der Waals surface area contributed by atoms with E-state index < -0.39 is 5.97 Å². The topological polar surface area (TPSA) is 37.3 Å². The van der Waals surface area contributed by atoms with Gasteiger partial charge in [-0.2, -0.15) is 0 Å². The molecule has 0 aliphatic rings. The molecule has 1 N–H and O–H groups in total. The Balaban J connectivity index is 2.27. The Morgan fingerprint density at radius 2 is 1.89 bits per heavy atom. The fourth-order valence-electron chi connectivity index (χ4n) is 1.84. The third kappa shape index (κ3) is 3.11. The Hall–Kier alpha value is -1.80.